The van der Waals surface area contributed by atoms with Crippen molar-refractivity contribution in [1.82, 2.24) is 4.98 Å². The molecular weight excluding hydrogens is 222 g/mol. The van der Waals surface area contributed by atoms with Crippen molar-refractivity contribution in [3.05, 3.63) is 53.3 Å². The Morgan fingerprint density at radius 2 is 1.94 bits per heavy atom. The lowest BCUT2D eigenvalue weighted by molar-refractivity contribution is 1.13. The Hall–Kier alpha value is -2.34. The lowest BCUT2D eigenvalue weighted by Crippen LogP contribution is -2.13. The molecule has 0 radical (unpaired) electrons. The summed E-state index contributed by atoms with van der Waals surface area (Å²) in [7, 11) is 1.95. The van der Waals surface area contributed by atoms with Crippen LogP contribution in [0.2, 0.25) is 0 Å². The predicted molar refractivity (Wildman–Crippen MR) is 72.9 cm³/mol. The fraction of sp³-hybridized carbons (Fsp3) is 0.200. The van der Waals surface area contributed by atoms with Crippen LogP contribution in [0.4, 0.5) is 11.4 Å². The summed E-state index contributed by atoms with van der Waals surface area (Å²) in [5, 5.41) is 9.09. The maximum absolute atomic E-state index is 9.09. The minimum atomic E-state index is 0.444. The van der Waals surface area contributed by atoms with Crippen LogP contribution in [-0.4, -0.2) is 12.0 Å². The zero-order valence-corrected chi connectivity index (χ0v) is 10.8. The first kappa shape index (κ1) is 12.1. The third-order valence-corrected chi connectivity index (χ3v) is 2.97. The van der Waals surface area contributed by atoms with Crippen molar-refractivity contribution in [2.75, 3.05) is 11.9 Å². The highest BCUT2D eigenvalue weighted by molar-refractivity contribution is 5.69. The van der Waals surface area contributed by atoms with E-state index in [0.717, 1.165) is 11.4 Å². The van der Waals surface area contributed by atoms with E-state index >= 15 is 0 Å². The van der Waals surface area contributed by atoms with E-state index in [-0.39, 0.29) is 0 Å². The largest absolute Gasteiger partial charge is 0.342 e. The molecular formula is C15H15N3. The van der Waals surface area contributed by atoms with Gasteiger partial charge in [0.2, 0.25) is 0 Å². The monoisotopic (exact) mass is 237 g/mol. The number of aromatic nitrogens is 1. The molecule has 1 heterocycles. The minimum absolute atomic E-state index is 0.444. The molecule has 0 aliphatic rings. The molecule has 0 saturated carbocycles. The van der Waals surface area contributed by atoms with Gasteiger partial charge in [-0.3, -0.25) is 0 Å². The van der Waals surface area contributed by atoms with E-state index in [1.807, 2.05) is 24.1 Å². The molecule has 3 nitrogen and oxygen atoms in total. The number of benzene rings is 1. The Morgan fingerprint density at radius 1 is 1.17 bits per heavy atom. The van der Waals surface area contributed by atoms with Gasteiger partial charge in [0, 0.05) is 18.9 Å². The van der Waals surface area contributed by atoms with Crippen molar-refractivity contribution >= 4 is 11.4 Å². The molecule has 0 atom stereocenters. The number of anilines is 2. The molecule has 0 spiro atoms. The smallest absolute Gasteiger partial charge is 0.164 e. The molecule has 0 amide bonds. The fourth-order valence-corrected chi connectivity index (χ4v) is 2.07. The Kier molecular flexibility index (Phi) is 3.29. The van der Waals surface area contributed by atoms with Gasteiger partial charge in [0.15, 0.2) is 5.69 Å². The molecule has 0 N–H and O–H groups in total. The molecule has 90 valence electrons. The molecule has 0 saturated heterocycles. The number of hydrogen-bond acceptors (Lipinski definition) is 3. The first-order valence-electron chi connectivity index (χ1n) is 5.79. The van der Waals surface area contributed by atoms with Gasteiger partial charge in [0.1, 0.15) is 6.07 Å². The molecule has 0 bridgehead atoms. The maximum Gasteiger partial charge on any atom is 0.164 e. The fourth-order valence-electron chi connectivity index (χ4n) is 2.07. The summed E-state index contributed by atoms with van der Waals surface area (Å²) in [4.78, 5) is 6.09. The summed E-state index contributed by atoms with van der Waals surface area (Å²) in [5.74, 6) is 0. The average molecular weight is 237 g/mol. The highest BCUT2D eigenvalue weighted by Crippen LogP contribution is 2.28. The SMILES string of the molecule is Cc1ccc(N(C)c2cccnc2C#N)c(C)c1. The highest BCUT2D eigenvalue weighted by Gasteiger charge is 2.11. The average Bonchev–Trinajstić information content (AvgIpc) is 2.38. The highest BCUT2D eigenvalue weighted by atomic mass is 15.1. The van der Waals surface area contributed by atoms with Crippen LogP contribution in [0.5, 0.6) is 0 Å². The first-order chi connectivity index (χ1) is 8.63. The minimum Gasteiger partial charge on any atom is -0.342 e. The second-order valence-electron chi connectivity index (χ2n) is 4.33. The number of hydrogen-bond donors (Lipinski definition) is 0. The van der Waals surface area contributed by atoms with Gasteiger partial charge in [-0.15, -0.1) is 0 Å². The number of pyridine rings is 1. The molecule has 0 aliphatic heterocycles. The van der Waals surface area contributed by atoms with E-state index in [4.69, 9.17) is 5.26 Å². The number of rotatable bonds is 2. The quantitative estimate of drug-likeness (QED) is 0.804. The lowest BCUT2D eigenvalue weighted by Gasteiger charge is -2.22. The Balaban J connectivity index is 2.48. The number of nitrogens with zero attached hydrogens (tertiary/aromatic N) is 3. The van der Waals surface area contributed by atoms with Crippen molar-refractivity contribution in [3.63, 3.8) is 0 Å². The van der Waals surface area contributed by atoms with Crippen molar-refractivity contribution in [3.8, 4) is 6.07 Å². The second-order valence-corrected chi connectivity index (χ2v) is 4.33. The Morgan fingerprint density at radius 3 is 2.61 bits per heavy atom. The van der Waals surface area contributed by atoms with Crippen molar-refractivity contribution < 1.29 is 0 Å². The predicted octanol–water partition coefficient (Wildman–Crippen LogP) is 3.34. The third-order valence-electron chi connectivity index (χ3n) is 2.97. The molecule has 0 fully saturated rings. The van der Waals surface area contributed by atoms with E-state index in [0.29, 0.717) is 5.69 Å². The van der Waals surface area contributed by atoms with Crippen molar-refractivity contribution in [2.24, 2.45) is 0 Å². The van der Waals surface area contributed by atoms with E-state index in [9.17, 15) is 0 Å². The standard InChI is InChI=1S/C15H15N3/c1-11-6-7-14(12(2)9-11)18(3)15-5-4-8-17-13(15)10-16/h4-9H,1-3H3. The normalized spacial score (nSPS) is 9.89. The first-order valence-corrected chi connectivity index (χ1v) is 5.79. The number of aryl methyl sites for hydroxylation is 2. The second kappa shape index (κ2) is 4.89. The molecule has 0 unspecified atom stereocenters. The molecule has 1 aromatic heterocycles. The van der Waals surface area contributed by atoms with E-state index in [2.05, 4.69) is 43.1 Å². The van der Waals surface area contributed by atoms with Crippen LogP contribution < -0.4 is 4.90 Å². The molecule has 3 heteroatoms. The van der Waals surface area contributed by atoms with Gasteiger partial charge in [-0.05, 0) is 37.6 Å². The summed E-state index contributed by atoms with van der Waals surface area (Å²) in [5.41, 5.74) is 4.78. The Labute approximate surface area is 107 Å². The van der Waals surface area contributed by atoms with E-state index in [1.54, 1.807) is 6.20 Å². The molecule has 18 heavy (non-hydrogen) atoms. The van der Waals surface area contributed by atoms with Gasteiger partial charge < -0.3 is 4.90 Å². The summed E-state index contributed by atoms with van der Waals surface area (Å²) >= 11 is 0. The summed E-state index contributed by atoms with van der Waals surface area (Å²) < 4.78 is 0. The lowest BCUT2D eigenvalue weighted by atomic mass is 10.1. The summed E-state index contributed by atoms with van der Waals surface area (Å²) in [6.07, 6.45) is 1.64. The van der Waals surface area contributed by atoms with E-state index in [1.165, 1.54) is 11.1 Å². The van der Waals surface area contributed by atoms with Crippen LogP contribution >= 0.6 is 0 Å². The van der Waals surface area contributed by atoms with Crippen LogP contribution in [-0.2, 0) is 0 Å². The maximum atomic E-state index is 9.09. The third kappa shape index (κ3) is 2.18. The van der Waals surface area contributed by atoms with Crippen molar-refractivity contribution in [2.45, 2.75) is 13.8 Å². The van der Waals surface area contributed by atoms with Gasteiger partial charge in [-0.2, -0.15) is 5.26 Å². The molecule has 1 aromatic carbocycles. The number of nitriles is 1. The molecule has 2 aromatic rings. The van der Waals surface area contributed by atoms with Gasteiger partial charge in [0.05, 0.1) is 5.69 Å². The van der Waals surface area contributed by atoms with Crippen molar-refractivity contribution in [1.29, 1.82) is 5.26 Å². The van der Waals surface area contributed by atoms with Crippen LogP contribution in [0.1, 0.15) is 16.8 Å². The zero-order valence-electron chi connectivity index (χ0n) is 10.8. The molecule has 0 aliphatic carbocycles. The van der Waals surface area contributed by atoms with Crippen LogP contribution in [0.15, 0.2) is 36.5 Å². The van der Waals surface area contributed by atoms with E-state index < -0.39 is 0 Å². The Bertz CT molecular complexity index is 611. The van der Waals surface area contributed by atoms with Gasteiger partial charge in [-0.25, -0.2) is 4.98 Å². The summed E-state index contributed by atoms with van der Waals surface area (Å²) in [6.45, 7) is 4.14. The van der Waals surface area contributed by atoms with Gasteiger partial charge in [0.25, 0.3) is 0 Å². The summed E-state index contributed by atoms with van der Waals surface area (Å²) in [6, 6.07) is 12.1. The van der Waals surface area contributed by atoms with Crippen LogP contribution in [0, 0.1) is 25.2 Å². The van der Waals surface area contributed by atoms with Gasteiger partial charge in [-0.1, -0.05) is 17.7 Å². The molecule has 2 rings (SSSR count). The topological polar surface area (TPSA) is 39.9 Å². The zero-order chi connectivity index (χ0) is 13.1. The van der Waals surface area contributed by atoms with Crippen LogP contribution in [0.3, 0.4) is 0 Å². The van der Waals surface area contributed by atoms with Crippen LogP contribution in [0.25, 0.3) is 0 Å². The van der Waals surface area contributed by atoms with Gasteiger partial charge >= 0.3 is 0 Å².